The Bertz CT molecular complexity index is 990. The van der Waals surface area contributed by atoms with Gasteiger partial charge in [-0.15, -0.1) is 0 Å². The number of nitrogens with zero attached hydrogens (tertiary/aromatic N) is 5. The summed E-state index contributed by atoms with van der Waals surface area (Å²) in [5, 5.41) is 2.56. The van der Waals surface area contributed by atoms with Crippen molar-refractivity contribution in [2.75, 3.05) is 36.4 Å². The Morgan fingerprint density at radius 2 is 2.00 bits per heavy atom. The van der Waals surface area contributed by atoms with Gasteiger partial charge in [0.05, 0.1) is 24.3 Å². The second kappa shape index (κ2) is 7.57. The number of halogens is 5. The highest BCUT2D eigenvalue weighted by Gasteiger charge is 2.45. The average molecular weight is 442 g/mol. The third kappa shape index (κ3) is 4.52. The molecule has 4 heterocycles. The number of hydrogen-bond donors (Lipinski definition) is 1. The lowest BCUT2D eigenvalue weighted by Gasteiger charge is -2.38. The van der Waals surface area contributed by atoms with Crippen LogP contribution in [-0.4, -0.2) is 57.9 Å². The Morgan fingerprint density at radius 3 is 2.61 bits per heavy atom. The topological polar surface area (TPSA) is 74.2 Å². The van der Waals surface area contributed by atoms with E-state index in [1.54, 1.807) is 4.90 Å². The predicted octanol–water partition coefficient (Wildman–Crippen LogP) is 3.43. The van der Waals surface area contributed by atoms with E-state index in [4.69, 9.17) is 0 Å². The fraction of sp³-hybridized carbons (Fsp3) is 0.474. The lowest BCUT2D eigenvalue weighted by molar-refractivity contribution is -0.137. The van der Waals surface area contributed by atoms with Crippen molar-refractivity contribution >= 4 is 23.5 Å². The average Bonchev–Trinajstić information content (AvgIpc) is 3.16. The molecule has 31 heavy (non-hydrogen) atoms. The van der Waals surface area contributed by atoms with Crippen LogP contribution < -0.4 is 10.2 Å². The summed E-state index contributed by atoms with van der Waals surface area (Å²) in [6.07, 6.45) is -2.83. The van der Waals surface area contributed by atoms with E-state index in [9.17, 15) is 26.7 Å². The molecule has 2 aromatic heterocycles. The van der Waals surface area contributed by atoms with Crippen molar-refractivity contribution in [1.29, 1.82) is 0 Å². The van der Waals surface area contributed by atoms with Crippen LogP contribution in [-0.2, 0) is 11.0 Å². The maximum Gasteiger partial charge on any atom is 0.419 e. The number of aromatic nitrogens is 3. The summed E-state index contributed by atoms with van der Waals surface area (Å²) in [4.78, 5) is 26.8. The molecule has 0 aromatic carbocycles. The second-order valence-electron chi connectivity index (χ2n) is 7.66. The summed E-state index contributed by atoms with van der Waals surface area (Å²) in [5.74, 6) is -3.58. The number of pyridine rings is 1. The van der Waals surface area contributed by atoms with Gasteiger partial charge in [0.1, 0.15) is 11.6 Å². The maximum absolute atomic E-state index is 13.4. The van der Waals surface area contributed by atoms with Crippen LogP contribution in [0.3, 0.4) is 0 Å². The molecule has 0 aliphatic carbocycles. The minimum atomic E-state index is -4.64. The van der Waals surface area contributed by atoms with Crippen LogP contribution in [0.25, 0.3) is 0 Å². The van der Waals surface area contributed by atoms with Gasteiger partial charge in [-0.2, -0.15) is 18.2 Å². The summed E-state index contributed by atoms with van der Waals surface area (Å²) < 4.78 is 66.6. The van der Waals surface area contributed by atoms with Crippen molar-refractivity contribution in [2.45, 2.75) is 31.4 Å². The number of rotatable bonds is 4. The zero-order valence-corrected chi connectivity index (χ0v) is 16.5. The van der Waals surface area contributed by atoms with E-state index in [1.807, 2.05) is 0 Å². The number of alkyl halides is 5. The highest BCUT2D eigenvalue weighted by molar-refractivity contribution is 5.73. The summed E-state index contributed by atoms with van der Waals surface area (Å²) in [6, 6.07) is 3.53. The van der Waals surface area contributed by atoms with Crippen molar-refractivity contribution in [3.05, 3.63) is 35.7 Å². The first kappa shape index (κ1) is 21.2. The van der Waals surface area contributed by atoms with Crippen molar-refractivity contribution in [3.63, 3.8) is 0 Å². The van der Waals surface area contributed by atoms with Crippen LogP contribution in [0.1, 0.15) is 30.5 Å². The van der Waals surface area contributed by atoms with Gasteiger partial charge in [-0.1, -0.05) is 0 Å². The Balaban J connectivity index is 1.67. The minimum Gasteiger partial charge on any atom is -0.342 e. The smallest absolute Gasteiger partial charge is 0.342 e. The van der Waals surface area contributed by atoms with E-state index >= 15 is 0 Å². The second-order valence-corrected chi connectivity index (χ2v) is 7.66. The molecule has 12 heteroatoms. The van der Waals surface area contributed by atoms with Crippen LogP contribution in [0.4, 0.5) is 39.5 Å². The van der Waals surface area contributed by atoms with E-state index < -0.39 is 36.6 Å². The van der Waals surface area contributed by atoms with Gasteiger partial charge in [0.25, 0.3) is 5.92 Å². The summed E-state index contributed by atoms with van der Waals surface area (Å²) in [5.41, 5.74) is -0.508. The molecule has 2 saturated heterocycles. The van der Waals surface area contributed by atoms with Gasteiger partial charge < -0.3 is 15.1 Å². The number of amides is 1. The molecule has 1 atom stereocenters. The minimum absolute atomic E-state index is 0.00307. The summed E-state index contributed by atoms with van der Waals surface area (Å²) in [6.45, 7) is 1.21. The van der Waals surface area contributed by atoms with Gasteiger partial charge in [-0.25, -0.2) is 18.7 Å². The standard InChI is InChI=1S/C19H19F5N6O/c1-11(31)29-6-4-12(8-29)14-7-15(28-17(26-14)30-9-18(20,21)10-30)27-16-13(19(22,23)24)3-2-5-25-16/h2-3,5,7,12H,4,6,8-10H2,1H3,(H,25,26,27,28). The first-order valence-corrected chi connectivity index (χ1v) is 9.58. The van der Waals surface area contributed by atoms with Gasteiger partial charge in [0.15, 0.2) is 0 Å². The normalized spacial score (nSPS) is 20.5. The molecule has 1 amide bonds. The van der Waals surface area contributed by atoms with E-state index in [-0.39, 0.29) is 23.6 Å². The monoisotopic (exact) mass is 442 g/mol. The van der Waals surface area contributed by atoms with E-state index in [1.165, 1.54) is 30.2 Å². The Kier molecular flexibility index (Phi) is 5.18. The van der Waals surface area contributed by atoms with Gasteiger partial charge in [-0.05, 0) is 18.6 Å². The van der Waals surface area contributed by atoms with Crippen molar-refractivity contribution in [2.24, 2.45) is 0 Å². The SMILES string of the molecule is CC(=O)N1CCC(c2cc(Nc3ncccc3C(F)(F)F)nc(N3CC(F)(F)C3)n2)C1. The van der Waals surface area contributed by atoms with Gasteiger partial charge in [-0.3, -0.25) is 4.79 Å². The van der Waals surface area contributed by atoms with Crippen molar-refractivity contribution in [3.8, 4) is 0 Å². The zero-order valence-electron chi connectivity index (χ0n) is 16.5. The van der Waals surface area contributed by atoms with Crippen LogP contribution >= 0.6 is 0 Å². The fourth-order valence-electron chi connectivity index (χ4n) is 3.66. The van der Waals surface area contributed by atoms with Crippen molar-refractivity contribution < 1.29 is 26.7 Å². The number of anilines is 3. The molecule has 2 fully saturated rings. The number of carbonyl (C=O) groups is 1. The van der Waals surface area contributed by atoms with E-state index in [2.05, 4.69) is 20.3 Å². The molecule has 7 nitrogen and oxygen atoms in total. The lowest BCUT2D eigenvalue weighted by Crippen LogP contribution is -2.57. The van der Waals surface area contributed by atoms with E-state index in [0.717, 1.165) is 6.07 Å². The molecule has 2 aromatic rings. The molecule has 0 saturated carbocycles. The first-order chi connectivity index (χ1) is 14.5. The molecule has 0 spiro atoms. The highest BCUT2D eigenvalue weighted by atomic mass is 19.4. The number of nitrogens with one attached hydrogen (secondary N) is 1. The molecule has 1 N–H and O–H groups in total. The van der Waals surface area contributed by atoms with Crippen LogP contribution in [0.15, 0.2) is 24.4 Å². The number of hydrogen-bond acceptors (Lipinski definition) is 6. The van der Waals surface area contributed by atoms with Crippen molar-refractivity contribution in [1.82, 2.24) is 19.9 Å². The molecule has 0 radical (unpaired) electrons. The number of likely N-dealkylation sites (tertiary alicyclic amines) is 1. The third-order valence-electron chi connectivity index (χ3n) is 5.27. The molecule has 4 rings (SSSR count). The van der Waals surface area contributed by atoms with Gasteiger partial charge in [0.2, 0.25) is 11.9 Å². The third-order valence-corrected chi connectivity index (χ3v) is 5.27. The quantitative estimate of drug-likeness (QED) is 0.732. The molecular formula is C19H19F5N6O. The van der Waals surface area contributed by atoms with Gasteiger partial charge >= 0.3 is 6.18 Å². The summed E-state index contributed by atoms with van der Waals surface area (Å²) in [7, 11) is 0. The molecule has 0 bridgehead atoms. The fourth-order valence-corrected chi connectivity index (χ4v) is 3.66. The Hall–Kier alpha value is -3.05. The summed E-state index contributed by atoms with van der Waals surface area (Å²) >= 11 is 0. The molecular weight excluding hydrogens is 423 g/mol. The van der Waals surface area contributed by atoms with Crippen LogP contribution in [0, 0.1) is 0 Å². The van der Waals surface area contributed by atoms with Gasteiger partial charge in [0, 0.05) is 38.2 Å². The zero-order chi connectivity index (χ0) is 22.4. The molecule has 1 unspecified atom stereocenters. The molecule has 2 aliphatic rings. The molecule has 166 valence electrons. The maximum atomic E-state index is 13.4. The largest absolute Gasteiger partial charge is 0.419 e. The number of carbonyl (C=O) groups excluding carboxylic acids is 1. The lowest BCUT2D eigenvalue weighted by atomic mass is 10.0. The van der Waals surface area contributed by atoms with Crippen LogP contribution in [0.2, 0.25) is 0 Å². The first-order valence-electron chi connectivity index (χ1n) is 9.58. The predicted molar refractivity (Wildman–Crippen MR) is 101 cm³/mol. The van der Waals surface area contributed by atoms with E-state index in [0.29, 0.717) is 25.2 Å². The highest BCUT2D eigenvalue weighted by Crippen LogP contribution is 2.36. The van der Waals surface area contributed by atoms with Crippen LogP contribution in [0.5, 0.6) is 0 Å². The molecule has 2 aliphatic heterocycles. The Labute approximate surface area is 174 Å². The Morgan fingerprint density at radius 1 is 1.26 bits per heavy atom.